The van der Waals surface area contributed by atoms with Gasteiger partial charge in [-0.05, 0) is 30.2 Å². The Morgan fingerprint density at radius 2 is 1.79 bits per heavy atom. The van der Waals surface area contributed by atoms with Crippen LogP contribution in [0.15, 0.2) is 54.7 Å². The molecule has 7 N–H and O–H groups in total. The van der Waals surface area contributed by atoms with Crippen LogP contribution in [0.2, 0.25) is 0 Å². The molecule has 0 aliphatic carbocycles. The van der Waals surface area contributed by atoms with E-state index in [0.717, 1.165) is 16.5 Å². The molecule has 0 radical (unpaired) electrons. The van der Waals surface area contributed by atoms with Crippen molar-refractivity contribution in [2.24, 2.45) is 5.73 Å². The molecule has 2 amide bonds. The summed E-state index contributed by atoms with van der Waals surface area (Å²) in [6, 6.07) is 14.9. The smallest absolute Gasteiger partial charge is 0.239 e. The lowest BCUT2D eigenvalue weighted by Gasteiger charge is -2.09. The molecule has 0 saturated carbocycles. The van der Waals surface area contributed by atoms with E-state index < -0.39 is 0 Å². The van der Waals surface area contributed by atoms with Gasteiger partial charge in [0.05, 0.1) is 13.1 Å². The van der Waals surface area contributed by atoms with Crippen molar-refractivity contribution in [1.29, 1.82) is 5.41 Å². The average molecular weight is 392 g/mol. The predicted molar refractivity (Wildman–Crippen MR) is 114 cm³/mol. The number of nitrogens with two attached hydrogens (primary N) is 1. The number of carbonyl (C=O) groups is 2. The van der Waals surface area contributed by atoms with Crippen molar-refractivity contribution in [3.63, 3.8) is 0 Å². The highest BCUT2D eigenvalue weighted by atomic mass is 16.2. The summed E-state index contributed by atoms with van der Waals surface area (Å²) in [5.74, 6) is -0.579. The Balaban J connectivity index is 1.36. The van der Waals surface area contributed by atoms with Gasteiger partial charge in [-0.3, -0.25) is 15.0 Å². The Bertz CT molecular complexity index is 1030. The molecule has 0 aliphatic rings. The van der Waals surface area contributed by atoms with Gasteiger partial charge in [0.1, 0.15) is 5.84 Å². The first-order valence-corrected chi connectivity index (χ1v) is 9.29. The van der Waals surface area contributed by atoms with Gasteiger partial charge in [0.25, 0.3) is 0 Å². The third-order valence-corrected chi connectivity index (χ3v) is 4.46. The number of hydrogen-bond donors (Lipinski definition) is 6. The van der Waals surface area contributed by atoms with E-state index in [1.807, 2.05) is 30.5 Å². The summed E-state index contributed by atoms with van der Waals surface area (Å²) >= 11 is 0. The summed E-state index contributed by atoms with van der Waals surface area (Å²) in [6.45, 7) is 0.429. The number of rotatable bonds is 9. The van der Waals surface area contributed by atoms with E-state index in [-0.39, 0.29) is 30.7 Å². The minimum Gasteiger partial charge on any atom is -0.384 e. The van der Waals surface area contributed by atoms with E-state index >= 15 is 0 Å². The summed E-state index contributed by atoms with van der Waals surface area (Å²) in [7, 11) is 0. The molecule has 3 rings (SSSR count). The number of carbonyl (C=O) groups excluding carboxylic acids is 2. The Morgan fingerprint density at radius 3 is 2.62 bits per heavy atom. The fraction of sp³-hybridized carbons (Fsp3) is 0.190. The maximum atomic E-state index is 11.9. The van der Waals surface area contributed by atoms with Crippen molar-refractivity contribution in [2.45, 2.75) is 6.42 Å². The molecule has 0 unspecified atom stereocenters. The molecule has 0 fully saturated rings. The standard InChI is InChI=1S/C21H24N6O2/c22-21(23)14-4-3-5-16(10-14)25-12-20(29)27-13-19(28)24-9-8-15-11-26-18-7-2-1-6-17(15)18/h1-7,10-11,25-26H,8-9,12-13H2,(H3,22,23)(H,24,28)(H,27,29). The number of nitrogens with one attached hydrogen (secondary N) is 5. The number of hydrogen-bond acceptors (Lipinski definition) is 4. The Morgan fingerprint density at radius 1 is 1.00 bits per heavy atom. The van der Waals surface area contributed by atoms with E-state index in [2.05, 4.69) is 20.9 Å². The topological polar surface area (TPSA) is 136 Å². The highest BCUT2D eigenvalue weighted by Gasteiger charge is 2.07. The zero-order valence-electron chi connectivity index (χ0n) is 15.9. The highest BCUT2D eigenvalue weighted by molar-refractivity contribution is 5.96. The first-order valence-electron chi connectivity index (χ1n) is 9.29. The van der Waals surface area contributed by atoms with Crippen LogP contribution in [0, 0.1) is 5.41 Å². The molecule has 8 heteroatoms. The molecule has 2 aromatic carbocycles. The van der Waals surface area contributed by atoms with Crippen molar-refractivity contribution in [3.05, 3.63) is 65.9 Å². The lowest BCUT2D eigenvalue weighted by Crippen LogP contribution is -2.39. The van der Waals surface area contributed by atoms with Crippen LogP contribution < -0.4 is 21.7 Å². The van der Waals surface area contributed by atoms with Gasteiger partial charge in [0, 0.05) is 34.9 Å². The number of para-hydroxylation sites is 1. The SMILES string of the molecule is N=C(N)c1cccc(NCC(=O)NCC(=O)NCCc2c[nH]c3ccccc23)c1. The van der Waals surface area contributed by atoms with Crippen LogP contribution in [0.4, 0.5) is 5.69 Å². The lowest BCUT2D eigenvalue weighted by atomic mass is 10.1. The summed E-state index contributed by atoms with van der Waals surface area (Å²) in [6.07, 6.45) is 2.66. The number of anilines is 1. The number of fused-ring (bicyclic) bond motifs is 1. The second-order valence-corrected chi connectivity index (χ2v) is 6.58. The normalized spacial score (nSPS) is 10.5. The molecule has 0 saturated heterocycles. The number of nitrogen functional groups attached to an aromatic ring is 1. The quantitative estimate of drug-likeness (QED) is 0.242. The van der Waals surface area contributed by atoms with Crippen LogP contribution >= 0.6 is 0 Å². The second kappa shape index (κ2) is 9.41. The zero-order chi connectivity index (χ0) is 20.6. The van der Waals surface area contributed by atoms with Gasteiger partial charge < -0.3 is 26.7 Å². The largest absolute Gasteiger partial charge is 0.384 e. The number of H-pyrrole nitrogens is 1. The molecule has 0 spiro atoms. The van der Waals surface area contributed by atoms with Crippen molar-refractivity contribution in [1.82, 2.24) is 15.6 Å². The summed E-state index contributed by atoms with van der Waals surface area (Å²) < 4.78 is 0. The Kier molecular flexibility index (Phi) is 6.47. The van der Waals surface area contributed by atoms with Crippen molar-refractivity contribution in [2.75, 3.05) is 25.0 Å². The van der Waals surface area contributed by atoms with Crippen LogP contribution in [0.3, 0.4) is 0 Å². The molecule has 29 heavy (non-hydrogen) atoms. The predicted octanol–water partition coefficient (Wildman–Crippen LogP) is 1.34. The Hall–Kier alpha value is -3.81. The third kappa shape index (κ3) is 5.58. The van der Waals surface area contributed by atoms with Gasteiger partial charge in [-0.15, -0.1) is 0 Å². The fourth-order valence-corrected chi connectivity index (χ4v) is 2.96. The van der Waals surface area contributed by atoms with Crippen molar-refractivity contribution >= 4 is 34.2 Å². The maximum absolute atomic E-state index is 11.9. The zero-order valence-corrected chi connectivity index (χ0v) is 15.9. The minimum absolute atomic E-state index is 0.0178. The van der Waals surface area contributed by atoms with Crippen LogP contribution in [0.25, 0.3) is 10.9 Å². The van der Waals surface area contributed by atoms with E-state index in [1.54, 1.807) is 24.3 Å². The number of aromatic nitrogens is 1. The number of amidine groups is 1. The van der Waals surface area contributed by atoms with E-state index in [4.69, 9.17) is 11.1 Å². The van der Waals surface area contributed by atoms with E-state index in [0.29, 0.717) is 24.2 Å². The van der Waals surface area contributed by atoms with Gasteiger partial charge in [-0.2, -0.15) is 0 Å². The van der Waals surface area contributed by atoms with Gasteiger partial charge in [-0.25, -0.2) is 0 Å². The number of benzene rings is 2. The summed E-state index contributed by atoms with van der Waals surface area (Å²) in [5.41, 5.74) is 8.91. The number of amides is 2. The van der Waals surface area contributed by atoms with Crippen LogP contribution in [0.1, 0.15) is 11.1 Å². The molecular weight excluding hydrogens is 368 g/mol. The van der Waals surface area contributed by atoms with Crippen LogP contribution in [-0.4, -0.2) is 42.3 Å². The van der Waals surface area contributed by atoms with Crippen molar-refractivity contribution < 1.29 is 9.59 Å². The fourth-order valence-electron chi connectivity index (χ4n) is 2.96. The van der Waals surface area contributed by atoms with E-state index in [1.165, 1.54) is 0 Å². The number of aromatic amines is 1. The lowest BCUT2D eigenvalue weighted by molar-refractivity contribution is -0.125. The Labute approximate surface area is 168 Å². The molecule has 0 atom stereocenters. The molecule has 1 aromatic heterocycles. The van der Waals surface area contributed by atoms with Gasteiger partial charge in [-0.1, -0.05) is 30.3 Å². The first-order chi connectivity index (χ1) is 14.0. The average Bonchev–Trinajstić information content (AvgIpc) is 3.14. The summed E-state index contributed by atoms with van der Waals surface area (Å²) in [4.78, 5) is 27.1. The minimum atomic E-state index is -0.301. The monoisotopic (exact) mass is 392 g/mol. The molecule has 0 aliphatic heterocycles. The molecule has 8 nitrogen and oxygen atoms in total. The molecule has 1 heterocycles. The van der Waals surface area contributed by atoms with Gasteiger partial charge in [0.15, 0.2) is 0 Å². The van der Waals surface area contributed by atoms with E-state index in [9.17, 15) is 9.59 Å². The summed E-state index contributed by atoms with van der Waals surface area (Å²) in [5, 5.41) is 16.9. The second-order valence-electron chi connectivity index (χ2n) is 6.58. The maximum Gasteiger partial charge on any atom is 0.239 e. The molecule has 0 bridgehead atoms. The first kappa shape index (κ1) is 19.9. The van der Waals surface area contributed by atoms with Gasteiger partial charge >= 0.3 is 0 Å². The molecule has 150 valence electrons. The third-order valence-electron chi connectivity index (χ3n) is 4.46. The van der Waals surface area contributed by atoms with Gasteiger partial charge in [0.2, 0.25) is 11.8 Å². The van der Waals surface area contributed by atoms with Crippen LogP contribution in [0.5, 0.6) is 0 Å². The highest BCUT2D eigenvalue weighted by Crippen LogP contribution is 2.17. The van der Waals surface area contributed by atoms with Crippen molar-refractivity contribution in [3.8, 4) is 0 Å². The molecular formula is C21H24N6O2. The van der Waals surface area contributed by atoms with Crippen LogP contribution in [-0.2, 0) is 16.0 Å². The molecule has 3 aromatic rings.